The van der Waals surface area contributed by atoms with Crippen molar-refractivity contribution in [2.75, 3.05) is 20.1 Å². The first kappa shape index (κ1) is 26.8. The maximum atomic E-state index is 13.0. The highest BCUT2D eigenvalue weighted by molar-refractivity contribution is 5.87. The molecule has 1 fully saturated rings. The van der Waals surface area contributed by atoms with E-state index < -0.39 is 5.60 Å². The second-order valence-electron chi connectivity index (χ2n) is 12.3. The van der Waals surface area contributed by atoms with Gasteiger partial charge in [0.25, 0.3) is 0 Å². The summed E-state index contributed by atoms with van der Waals surface area (Å²) in [4.78, 5) is 23.5. The lowest BCUT2D eigenvalue weighted by molar-refractivity contribution is -0.176. The number of aryl methyl sites for hydroxylation is 1. The molecule has 1 N–H and O–H groups in total. The van der Waals surface area contributed by atoms with Gasteiger partial charge >= 0.3 is 5.97 Å². The molecule has 0 saturated heterocycles. The minimum absolute atomic E-state index is 0.0688. The zero-order valence-electron chi connectivity index (χ0n) is 24.0. The molecule has 1 aromatic heterocycles. The van der Waals surface area contributed by atoms with E-state index in [0.29, 0.717) is 5.92 Å². The highest BCUT2D eigenvalue weighted by Crippen LogP contribution is 2.53. The molecule has 0 radical (unpaired) electrons. The number of imidazole rings is 1. The molecule has 0 amide bonds. The fourth-order valence-corrected chi connectivity index (χ4v) is 6.78. The van der Waals surface area contributed by atoms with Crippen molar-refractivity contribution in [1.29, 1.82) is 0 Å². The second kappa shape index (κ2) is 11.2. The number of esters is 1. The van der Waals surface area contributed by atoms with Gasteiger partial charge in [0.05, 0.1) is 17.0 Å². The Morgan fingerprint density at radius 3 is 2.62 bits per heavy atom. The van der Waals surface area contributed by atoms with Crippen LogP contribution in [0, 0.1) is 17.8 Å². The molecule has 5 heteroatoms. The van der Waals surface area contributed by atoms with E-state index in [1.54, 1.807) is 0 Å². The average Bonchev–Trinajstić information content (AvgIpc) is 3.39. The number of rotatable bonds is 10. The number of hydrogen-bond donors (Lipinski definition) is 1. The number of hydrogen-bond acceptors (Lipinski definition) is 4. The van der Waals surface area contributed by atoms with Gasteiger partial charge in [-0.05, 0) is 85.3 Å². The van der Waals surface area contributed by atoms with Gasteiger partial charge in [-0.2, -0.15) is 0 Å². The van der Waals surface area contributed by atoms with Crippen molar-refractivity contribution in [3.8, 4) is 0 Å². The van der Waals surface area contributed by atoms with Crippen LogP contribution in [0.25, 0.3) is 27.4 Å². The van der Waals surface area contributed by atoms with Crippen LogP contribution in [-0.4, -0.2) is 46.6 Å². The summed E-state index contributed by atoms with van der Waals surface area (Å²) in [6, 6.07) is 23.6. The Labute approximate surface area is 237 Å². The minimum atomic E-state index is -0.419. The highest BCUT2D eigenvalue weighted by Gasteiger charge is 2.50. The number of benzene rings is 3. The Morgan fingerprint density at radius 1 is 1.05 bits per heavy atom. The standard InChI is InChI=1S/C35H41N3O2/c1-24(2)34(39)40-35(18-20-38(3)19-8-13-33-36-31-11-6-7-12-32(31)37-33)23-28-16-17-29(35)22-30(28)27-15-14-25-9-4-5-10-26(25)21-27/h4-7,9-12,14-15,21-22,24,28-29H,8,13,16-20,23H2,1-3H3,(H,36,37). The number of nitrogens with one attached hydrogen (secondary N) is 1. The molecule has 5 nitrogen and oxygen atoms in total. The Kier molecular flexibility index (Phi) is 7.50. The van der Waals surface area contributed by atoms with Gasteiger partial charge in [0, 0.05) is 25.3 Å². The largest absolute Gasteiger partial charge is 0.458 e. The number of carbonyl (C=O) groups is 1. The minimum Gasteiger partial charge on any atom is -0.458 e. The van der Waals surface area contributed by atoms with Crippen molar-refractivity contribution < 1.29 is 9.53 Å². The molecule has 1 saturated carbocycles. The third-order valence-electron chi connectivity index (χ3n) is 9.08. The molecule has 1 heterocycles. The number of H-pyrrole nitrogens is 1. The van der Waals surface area contributed by atoms with E-state index in [2.05, 4.69) is 77.6 Å². The number of para-hydroxylation sites is 2. The molecule has 0 aliphatic heterocycles. The number of allylic oxidation sites excluding steroid dienone is 1. The molecule has 208 valence electrons. The summed E-state index contributed by atoms with van der Waals surface area (Å²) in [5, 5.41) is 2.56. The van der Waals surface area contributed by atoms with Crippen LogP contribution in [0.5, 0.6) is 0 Å². The van der Waals surface area contributed by atoms with Crippen molar-refractivity contribution in [2.45, 2.75) is 58.0 Å². The summed E-state index contributed by atoms with van der Waals surface area (Å²) in [6.45, 7) is 5.78. The molecule has 0 spiro atoms. The second-order valence-corrected chi connectivity index (χ2v) is 12.3. The normalized spacial score (nSPS) is 22.4. The van der Waals surface area contributed by atoms with Crippen LogP contribution >= 0.6 is 0 Å². The van der Waals surface area contributed by atoms with E-state index >= 15 is 0 Å². The molecular weight excluding hydrogens is 494 g/mol. The van der Waals surface area contributed by atoms with Crippen LogP contribution in [0.1, 0.15) is 57.3 Å². The Balaban J connectivity index is 1.14. The van der Waals surface area contributed by atoms with Crippen LogP contribution in [0.2, 0.25) is 0 Å². The lowest BCUT2D eigenvalue weighted by Gasteiger charge is -2.50. The first-order valence-corrected chi connectivity index (χ1v) is 15.0. The summed E-state index contributed by atoms with van der Waals surface area (Å²) >= 11 is 0. The Hall–Kier alpha value is -3.44. The summed E-state index contributed by atoms with van der Waals surface area (Å²) in [7, 11) is 2.19. The van der Waals surface area contributed by atoms with Gasteiger partial charge in [-0.1, -0.05) is 68.5 Å². The molecule has 40 heavy (non-hydrogen) atoms. The van der Waals surface area contributed by atoms with Gasteiger partial charge in [0.15, 0.2) is 0 Å². The lowest BCUT2D eigenvalue weighted by atomic mass is 9.60. The van der Waals surface area contributed by atoms with E-state index in [-0.39, 0.29) is 17.8 Å². The van der Waals surface area contributed by atoms with Crippen molar-refractivity contribution in [1.82, 2.24) is 14.9 Å². The van der Waals surface area contributed by atoms with Crippen molar-refractivity contribution in [3.05, 3.63) is 84.2 Å². The van der Waals surface area contributed by atoms with E-state index in [1.807, 2.05) is 26.0 Å². The highest BCUT2D eigenvalue weighted by atomic mass is 16.6. The summed E-state index contributed by atoms with van der Waals surface area (Å²) < 4.78 is 6.46. The van der Waals surface area contributed by atoms with E-state index in [9.17, 15) is 4.79 Å². The molecule has 3 aromatic carbocycles. The number of nitrogens with zero attached hydrogens (tertiary/aromatic N) is 2. The topological polar surface area (TPSA) is 58.2 Å². The van der Waals surface area contributed by atoms with Gasteiger partial charge in [-0.15, -0.1) is 0 Å². The fraction of sp³-hybridized carbons (Fsp3) is 0.429. The van der Waals surface area contributed by atoms with Crippen LogP contribution < -0.4 is 0 Å². The van der Waals surface area contributed by atoms with Gasteiger partial charge in [-0.25, -0.2) is 4.98 Å². The van der Waals surface area contributed by atoms with Crippen molar-refractivity contribution >= 4 is 33.3 Å². The van der Waals surface area contributed by atoms with E-state index in [1.165, 1.54) is 21.9 Å². The van der Waals surface area contributed by atoms with Gasteiger partial charge < -0.3 is 14.6 Å². The van der Waals surface area contributed by atoms with Gasteiger partial charge in [0.1, 0.15) is 11.4 Å². The van der Waals surface area contributed by atoms with Crippen molar-refractivity contribution in [3.63, 3.8) is 0 Å². The third-order valence-corrected chi connectivity index (χ3v) is 9.08. The molecule has 7 rings (SSSR count). The summed E-state index contributed by atoms with van der Waals surface area (Å²) in [5.41, 5.74) is 4.47. The number of ether oxygens (including phenoxy) is 1. The van der Waals surface area contributed by atoms with Crippen LogP contribution in [0.15, 0.2) is 72.8 Å². The number of carbonyl (C=O) groups excluding carboxylic acids is 1. The maximum Gasteiger partial charge on any atom is 0.308 e. The SMILES string of the molecule is CC(C)C(=O)OC1(CCN(C)CCCc2nc3ccccc3[nH]2)CC2CCC1C=C2c1ccc2ccccc2c1. The van der Waals surface area contributed by atoms with Crippen LogP contribution in [0.3, 0.4) is 0 Å². The molecule has 4 aromatic rings. The predicted octanol–water partition coefficient (Wildman–Crippen LogP) is 7.42. The van der Waals surface area contributed by atoms with Gasteiger partial charge in [0.2, 0.25) is 0 Å². The van der Waals surface area contributed by atoms with Crippen LogP contribution in [-0.2, 0) is 16.0 Å². The smallest absolute Gasteiger partial charge is 0.308 e. The Bertz CT molecular complexity index is 1500. The third kappa shape index (κ3) is 5.44. The van der Waals surface area contributed by atoms with Crippen LogP contribution in [0.4, 0.5) is 0 Å². The zero-order chi connectivity index (χ0) is 27.7. The lowest BCUT2D eigenvalue weighted by Crippen LogP contribution is -2.51. The molecule has 2 bridgehead atoms. The summed E-state index contributed by atoms with van der Waals surface area (Å²) in [5.74, 6) is 1.53. The maximum absolute atomic E-state index is 13.0. The average molecular weight is 536 g/mol. The first-order valence-electron chi connectivity index (χ1n) is 15.0. The molecule has 3 aliphatic carbocycles. The predicted molar refractivity (Wildman–Crippen MR) is 163 cm³/mol. The van der Waals surface area contributed by atoms with Gasteiger partial charge in [-0.3, -0.25) is 4.79 Å². The Morgan fingerprint density at radius 2 is 1.85 bits per heavy atom. The molecule has 3 aliphatic rings. The number of aromatic amines is 1. The quantitative estimate of drug-likeness (QED) is 0.215. The zero-order valence-corrected chi connectivity index (χ0v) is 24.0. The molecular formula is C35H41N3O2. The van der Waals surface area contributed by atoms with Crippen molar-refractivity contribution in [2.24, 2.45) is 17.8 Å². The van der Waals surface area contributed by atoms with E-state index in [0.717, 1.165) is 68.5 Å². The summed E-state index contributed by atoms with van der Waals surface area (Å²) in [6.07, 6.45) is 8.45. The van der Waals surface area contributed by atoms with E-state index in [4.69, 9.17) is 9.72 Å². The monoisotopic (exact) mass is 535 g/mol. The number of aromatic nitrogens is 2. The number of fused-ring (bicyclic) bond motifs is 4. The molecule has 3 atom stereocenters. The fourth-order valence-electron chi connectivity index (χ4n) is 6.78. The molecule has 3 unspecified atom stereocenters. The first-order chi connectivity index (χ1) is 19.4.